The summed E-state index contributed by atoms with van der Waals surface area (Å²) in [6.45, 7) is 0. The molecule has 3 rings (SSSR count). The topological polar surface area (TPSA) is 52.6 Å². The second-order valence-electron chi connectivity index (χ2n) is 4.03. The van der Waals surface area contributed by atoms with Gasteiger partial charge in [0, 0.05) is 6.42 Å². The molecule has 0 N–H and O–H groups in total. The molecule has 3 aliphatic heterocycles. The molecule has 3 aliphatic rings. The van der Waals surface area contributed by atoms with Crippen LogP contribution in [0.4, 0.5) is 13.2 Å². The molecule has 0 aromatic heterocycles. The number of fused-ring (bicyclic) bond motifs is 1. The van der Waals surface area contributed by atoms with Gasteiger partial charge in [-0.2, -0.15) is 21.6 Å². The van der Waals surface area contributed by atoms with Crippen molar-refractivity contribution in [2.45, 2.75) is 36.2 Å². The third kappa shape index (κ3) is 1.12. The Labute approximate surface area is 83.5 Å². The van der Waals surface area contributed by atoms with E-state index in [2.05, 4.69) is 4.18 Å². The maximum Gasteiger partial charge on any atom is 0.395 e. The first-order chi connectivity index (χ1) is 6.81. The molecule has 86 valence electrons. The zero-order valence-electron chi connectivity index (χ0n) is 7.27. The van der Waals surface area contributed by atoms with E-state index < -0.39 is 45.8 Å². The van der Waals surface area contributed by atoms with E-state index in [1.165, 1.54) is 0 Å². The van der Waals surface area contributed by atoms with E-state index in [4.69, 9.17) is 4.74 Å². The monoisotopic (exact) mass is 244 g/mol. The molecule has 0 saturated carbocycles. The highest BCUT2D eigenvalue weighted by Gasteiger charge is 2.72. The van der Waals surface area contributed by atoms with Crippen LogP contribution in [0.15, 0.2) is 0 Å². The van der Waals surface area contributed by atoms with Crippen molar-refractivity contribution in [3.05, 3.63) is 0 Å². The number of hydrogen-bond acceptors (Lipinski definition) is 4. The molecule has 0 amide bonds. The quantitative estimate of drug-likeness (QED) is 0.580. The zero-order valence-corrected chi connectivity index (χ0v) is 8.09. The van der Waals surface area contributed by atoms with Crippen molar-refractivity contribution < 1.29 is 30.5 Å². The molecule has 2 bridgehead atoms. The molecule has 4 nitrogen and oxygen atoms in total. The molecule has 5 unspecified atom stereocenters. The van der Waals surface area contributed by atoms with Crippen LogP contribution in [0, 0.1) is 5.92 Å². The molecule has 0 aliphatic carbocycles. The number of hydrogen-bond donors (Lipinski definition) is 0. The van der Waals surface area contributed by atoms with Gasteiger partial charge in [0.25, 0.3) is 10.1 Å². The van der Waals surface area contributed by atoms with Gasteiger partial charge in [-0.05, 0) is 0 Å². The van der Waals surface area contributed by atoms with E-state index in [1.807, 2.05) is 0 Å². The summed E-state index contributed by atoms with van der Waals surface area (Å²) in [5, 5.41) is -1.55. The first-order valence-electron chi connectivity index (χ1n) is 4.45. The van der Waals surface area contributed by atoms with Crippen molar-refractivity contribution in [3.63, 3.8) is 0 Å². The van der Waals surface area contributed by atoms with E-state index in [0.717, 1.165) is 0 Å². The Balaban J connectivity index is 2.07. The second kappa shape index (κ2) is 2.49. The standard InChI is InChI=1S/C7H7F3O4S/c8-7(9,10)4-2-1-3-5(13-2)6(4)15(11,12)14-3/h2-6H,1H2. The van der Waals surface area contributed by atoms with E-state index in [-0.39, 0.29) is 6.42 Å². The smallest absolute Gasteiger partial charge is 0.370 e. The normalized spacial score (nSPS) is 51.3. The SMILES string of the molecule is O=S1(=O)OC2CC3OC2C1C3C(F)(F)F. The van der Waals surface area contributed by atoms with E-state index in [1.54, 1.807) is 0 Å². The van der Waals surface area contributed by atoms with Crippen LogP contribution < -0.4 is 0 Å². The van der Waals surface area contributed by atoms with Gasteiger partial charge in [0.2, 0.25) is 0 Å². The van der Waals surface area contributed by atoms with Crippen LogP contribution >= 0.6 is 0 Å². The van der Waals surface area contributed by atoms with Crippen LogP contribution in [0.2, 0.25) is 0 Å². The summed E-state index contributed by atoms with van der Waals surface area (Å²) in [5.41, 5.74) is 0. The fourth-order valence-corrected chi connectivity index (χ4v) is 4.63. The average Bonchev–Trinajstić information content (AvgIpc) is 2.58. The second-order valence-corrected chi connectivity index (χ2v) is 5.76. The van der Waals surface area contributed by atoms with Crippen LogP contribution in [0.1, 0.15) is 6.42 Å². The first kappa shape index (κ1) is 9.86. The third-order valence-corrected chi connectivity index (χ3v) is 4.95. The van der Waals surface area contributed by atoms with Crippen molar-refractivity contribution in [3.8, 4) is 0 Å². The predicted molar refractivity (Wildman–Crippen MR) is 40.4 cm³/mol. The summed E-state index contributed by atoms with van der Waals surface area (Å²) in [6, 6.07) is 0. The van der Waals surface area contributed by atoms with Crippen molar-refractivity contribution in [1.82, 2.24) is 0 Å². The van der Waals surface area contributed by atoms with Gasteiger partial charge in [-0.15, -0.1) is 0 Å². The Morgan fingerprint density at radius 3 is 2.47 bits per heavy atom. The lowest BCUT2D eigenvalue weighted by Gasteiger charge is -2.23. The Bertz CT molecular complexity index is 401. The van der Waals surface area contributed by atoms with Gasteiger partial charge < -0.3 is 4.74 Å². The molecule has 0 aromatic rings. The van der Waals surface area contributed by atoms with Crippen LogP contribution in [-0.4, -0.2) is 38.2 Å². The lowest BCUT2D eigenvalue weighted by Crippen LogP contribution is -2.44. The van der Waals surface area contributed by atoms with Crippen molar-refractivity contribution in [1.29, 1.82) is 0 Å². The molecule has 3 fully saturated rings. The summed E-state index contributed by atoms with van der Waals surface area (Å²) in [6.07, 6.45) is -7.21. The van der Waals surface area contributed by atoms with E-state index in [0.29, 0.717) is 0 Å². The lowest BCUT2D eigenvalue weighted by atomic mass is 9.86. The van der Waals surface area contributed by atoms with Crippen LogP contribution in [0.25, 0.3) is 0 Å². The minimum atomic E-state index is -4.55. The molecule has 5 atom stereocenters. The predicted octanol–water partition coefficient (Wildman–Crippen LogP) is 0.433. The van der Waals surface area contributed by atoms with Gasteiger partial charge in [0.05, 0.1) is 6.10 Å². The number of rotatable bonds is 0. The largest absolute Gasteiger partial charge is 0.395 e. The molecule has 8 heteroatoms. The summed E-state index contributed by atoms with van der Waals surface area (Å²) in [7, 11) is -4.11. The minimum Gasteiger partial charge on any atom is -0.370 e. The van der Waals surface area contributed by atoms with Gasteiger partial charge in [0.15, 0.2) is 0 Å². The number of ether oxygens (including phenoxy) is 1. The number of alkyl halides is 3. The highest BCUT2D eigenvalue weighted by atomic mass is 32.2. The Morgan fingerprint density at radius 2 is 1.87 bits per heavy atom. The van der Waals surface area contributed by atoms with Crippen molar-refractivity contribution >= 4 is 10.1 Å². The molecule has 3 heterocycles. The van der Waals surface area contributed by atoms with Crippen LogP contribution in [-0.2, 0) is 19.0 Å². The van der Waals surface area contributed by atoms with E-state index in [9.17, 15) is 21.6 Å². The van der Waals surface area contributed by atoms with Crippen LogP contribution in [0.5, 0.6) is 0 Å². The van der Waals surface area contributed by atoms with Crippen molar-refractivity contribution in [2.24, 2.45) is 5.92 Å². The van der Waals surface area contributed by atoms with Gasteiger partial charge in [-0.25, -0.2) is 0 Å². The van der Waals surface area contributed by atoms with Gasteiger partial charge in [0.1, 0.15) is 23.4 Å². The molecule has 0 aromatic carbocycles. The maximum absolute atomic E-state index is 12.6. The molecule has 15 heavy (non-hydrogen) atoms. The van der Waals surface area contributed by atoms with Gasteiger partial charge >= 0.3 is 6.18 Å². The Morgan fingerprint density at radius 1 is 1.20 bits per heavy atom. The number of halogens is 3. The fourth-order valence-electron chi connectivity index (χ4n) is 2.72. The summed E-state index contributed by atoms with van der Waals surface area (Å²) < 4.78 is 70.1. The first-order valence-corrected chi connectivity index (χ1v) is 5.92. The summed E-state index contributed by atoms with van der Waals surface area (Å²) >= 11 is 0. The Hall–Kier alpha value is -0.340. The molecule has 3 saturated heterocycles. The Kier molecular flexibility index (Phi) is 1.64. The van der Waals surface area contributed by atoms with Gasteiger partial charge in [-0.1, -0.05) is 0 Å². The fraction of sp³-hybridized carbons (Fsp3) is 1.00. The molecule has 0 spiro atoms. The van der Waals surface area contributed by atoms with E-state index >= 15 is 0 Å². The molecular formula is C7H7F3O4S. The van der Waals surface area contributed by atoms with Gasteiger partial charge in [-0.3, -0.25) is 4.18 Å². The van der Waals surface area contributed by atoms with Crippen molar-refractivity contribution in [2.75, 3.05) is 0 Å². The minimum absolute atomic E-state index is 0.0184. The third-order valence-electron chi connectivity index (χ3n) is 3.21. The highest BCUT2D eigenvalue weighted by molar-refractivity contribution is 7.87. The molecule has 0 radical (unpaired) electrons. The highest BCUT2D eigenvalue weighted by Crippen LogP contribution is 2.54. The molecular weight excluding hydrogens is 237 g/mol. The lowest BCUT2D eigenvalue weighted by molar-refractivity contribution is -0.184. The maximum atomic E-state index is 12.6. The van der Waals surface area contributed by atoms with Crippen LogP contribution in [0.3, 0.4) is 0 Å². The summed E-state index contributed by atoms with van der Waals surface area (Å²) in [4.78, 5) is 0. The zero-order chi connectivity index (χ0) is 11.0. The average molecular weight is 244 g/mol. The summed E-state index contributed by atoms with van der Waals surface area (Å²) in [5.74, 6) is -1.92.